The number of halogens is 2. The van der Waals surface area contributed by atoms with E-state index < -0.39 is 11.6 Å². The van der Waals surface area contributed by atoms with Crippen LogP contribution < -0.4 is 5.32 Å². The lowest BCUT2D eigenvalue weighted by Crippen LogP contribution is -2.18. The lowest BCUT2D eigenvalue weighted by molar-refractivity contribution is 0.599. The number of nitrogens with one attached hydrogen (secondary N) is 1. The van der Waals surface area contributed by atoms with E-state index in [1.807, 2.05) is 0 Å². The third-order valence-corrected chi connectivity index (χ3v) is 2.41. The summed E-state index contributed by atoms with van der Waals surface area (Å²) in [5.41, 5.74) is 1.25. The van der Waals surface area contributed by atoms with E-state index in [1.54, 1.807) is 7.05 Å². The Bertz CT molecular complexity index is 471. The molecule has 2 aromatic rings. The molecule has 0 amide bonds. The molecule has 0 spiro atoms. The summed E-state index contributed by atoms with van der Waals surface area (Å²) >= 11 is 0. The Balaban J connectivity index is 2.40. The van der Waals surface area contributed by atoms with E-state index in [0.717, 1.165) is 12.4 Å². The van der Waals surface area contributed by atoms with Gasteiger partial charge in [-0.2, -0.15) is 0 Å². The summed E-state index contributed by atoms with van der Waals surface area (Å²) in [6, 6.07) is 2.39. The van der Waals surface area contributed by atoms with Crippen molar-refractivity contribution >= 4 is 0 Å². The zero-order chi connectivity index (χ0) is 12.3. The molecule has 0 saturated heterocycles. The average Bonchev–Trinajstić information content (AvgIpc) is 2.30. The second-order valence-corrected chi connectivity index (χ2v) is 3.59. The fourth-order valence-electron chi connectivity index (χ4n) is 1.70. The highest BCUT2D eigenvalue weighted by Gasteiger charge is 2.13. The van der Waals surface area contributed by atoms with Crippen LogP contribution in [0.1, 0.15) is 17.2 Å². The van der Waals surface area contributed by atoms with Crippen molar-refractivity contribution in [2.24, 2.45) is 0 Å². The molecule has 2 heterocycles. The summed E-state index contributed by atoms with van der Waals surface area (Å²) in [6.07, 6.45) is 5.32. The second-order valence-electron chi connectivity index (χ2n) is 3.59. The molecular formula is C12H11F2N3. The molecule has 0 bridgehead atoms. The number of rotatable bonds is 3. The van der Waals surface area contributed by atoms with Gasteiger partial charge in [0.25, 0.3) is 0 Å². The van der Waals surface area contributed by atoms with Crippen LogP contribution in [0.25, 0.3) is 0 Å². The van der Waals surface area contributed by atoms with Gasteiger partial charge in [0.15, 0.2) is 0 Å². The monoisotopic (exact) mass is 235 g/mol. The maximum atomic E-state index is 13.1. The van der Waals surface area contributed by atoms with Gasteiger partial charge < -0.3 is 5.32 Å². The standard InChI is InChI=1S/C12H11F2N3/c1-15-12(8-2-10(13)6-16-4-8)9-3-11(14)7-17-5-9/h2-7,12,15H,1H3. The van der Waals surface area contributed by atoms with Crippen molar-refractivity contribution < 1.29 is 8.78 Å². The van der Waals surface area contributed by atoms with Crippen molar-refractivity contribution in [2.75, 3.05) is 7.05 Å². The minimum Gasteiger partial charge on any atom is -0.309 e. The molecule has 0 saturated carbocycles. The van der Waals surface area contributed by atoms with E-state index in [1.165, 1.54) is 24.5 Å². The lowest BCUT2D eigenvalue weighted by atomic mass is 10.0. The Hall–Kier alpha value is -1.88. The summed E-state index contributed by atoms with van der Waals surface area (Å²) in [7, 11) is 1.71. The predicted molar refractivity (Wildman–Crippen MR) is 59.3 cm³/mol. The molecule has 0 radical (unpaired) electrons. The largest absolute Gasteiger partial charge is 0.309 e. The summed E-state index contributed by atoms with van der Waals surface area (Å²) in [5, 5.41) is 2.98. The van der Waals surface area contributed by atoms with Crippen LogP contribution in [0.4, 0.5) is 8.78 Å². The molecule has 88 valence electrons. The van der Waals surface area contributed by atoms with Gasteiger partial charge in [0.05, 0.1) is 18.4 Å². The molecule has 0 aromatic carbocycles. The zero-order valence-electron chi connectivity index (χ0n) is 9.19. The average molecular weight is 235 g/mol. The lowest BCUT2D eigenvalue weighted by Gasteiger charge is -2.16. The Labute approximate surface area is 97.5 Å². The van der Waals surface area contributed by atoms with Gasteiger partial charge in [-0.25, -0.2) is 8.78 Å². The molecular weight excluding hydrogens is 224 g/mol. The summed E-state index contributed by atoms with van der Waals surface area (Å²) in [6.45, 7) is 0. The molecule has 0 atom stereocenters. The van der Waals surface area contributed by atoms with E-state index in [0.29, 0.717) is 11.1 Å². The van der Waals surface area contributed by atoms with Crippen LogP contribution in [-0.2, 0) is 0 Å². The number of aromatic nitrogens is 2. The molecule has 17 heavy (non-hydrogen) atoms. The van der Waals surface area contributed by atoms with Gasteiger partial charge in [0, 0.05) is 12.4 Å². The summed E-state index contributed by atoms with van der Waals surface area (Å²) in [4.78, 5) is 7.54. The number of nitrogens with zero attached hydrogens (tertiary/aromatic N) is 2. The quantitative estimate of drug-likeness (QED) is 0.884. The first-order valence-electron chi connectivity index (χ1n) is 5.09. The van der Waals surface area contributed by atoms with Crippen LogP contribution in [0, 0.1) is 11.6 Å². The van der Waals surface area contributed by atoms with Crippen LogP contribution >= 0.6 is 0 Å². The topological polar surface area (TPSA) is 37.8 Å². The van der Waals surface area contributed by atoms with Crippen molar-refractivity contribution in [1.29, 1.82) is 0 Å². The van der Waals surface area contributed by atoms with Gasteiger partial charge in [-0.3, -0.25) is 9.97 Å². The van der Waals surface area contributed by atoms with Gasteiger partial charge in [-0.15, -0.1) is 0 Å². The van der Waals surface area contributed by atoms with E-state index in [-0.39, 0.29) is 6.04 Å². The normalized spacial score (nSPS) is 10.8. The first kappa shape index (κ1) is 11.6. The highest BCUT2D eigenvalue weighted by Crippen LogP contribution is 2.21. The Kier molecular flexibility index (Phi) is 3.39. The van der Waals surface area contributed by atoms with E-state index in [9.17, 15) is 8.78 Å². The Morgan fingerprint density at radius 1 is 0.941 bits per heavy atom. The number of pyridine rings is 2. The van der Waals surface area contributed by atoms with Crippen LogP contribution in [-0.4, -0.2) is 17.0 Å². The van der Waals surface area contributed by atoms with Crippen molar-refractivity contribution in [1.82, 2.24) is 15.3 Å². The third-order valence-electron chi connectivity index (χ3n) is 2.41. The van der Waals surface area contributed by atoms with E-state index in [4.69, 9.17) is 0 Å². The fourth-order valence-corrected chi connectivity index (χ4v) is 1.70. The van der Waals surface area contributed by atoms with Gasteiger partial charge in [0.1, 0.15) is 11.6 Å². The first-order chi connectivity index (χ1) is 8.20. The summed E-state index contributed by atoms with van der Waals surface area (Å²) in [5.74, 6) is -0.848. The Morgan fingerprint density at radius 2 is 1.41 bits per heavy atom. The molecule has 0 fully saturated rings. The van der Waals surface area contributed by atoms with Gasteiger partial charge >= 0.3 is 0 Å². The van der Waals surface area contributed by atoms with Crippen molar-refractivity contribution in [3.8, 4) is 0 Å². The number of hydrogen-bond acceptors (Lipinski definition) is 3. The van der Waals surface area contributed by atoms with Crippen LogP contribution in [0.2, 0.25) is 0 Å². The molecule has 0 aliphatic rings. The molecule has 0 aliphatic carbocycles. The molecule has 1 N–H and O–H groups in total. The zero-order valence-corrected chi connectivity index (χ0v) is 9.19. The predicted octanol–water partition coefficient (Wildman–Crippen LogP) is 2.06. The Morgan fingerprint density at radius 3 is 1.76 bits per heavy atom. The summed E-state index contributed by atoms with van der Waals surface area (Å²) < 4.78 is 26.2. The smallest absolute Gasteiger partial charge is 0.141 e. The third kappa shape index (κ3) is 2.62. The van der Waals surface area contributed by atoms with Gasteiger partial charge in [-0.05, 0) is 30.3 Å². The van der Waals surface area contributed by atoms with E-state index in [2.05, 4.69) is 15.3 Å². The SMILES string of the molecule is CNC(c1cncc(F)c1)c1cncc(F)c1. The van der Waals surface area contributed by atoms with E-state index >= 15 is 0 Å². The van der Waals surface area contributed by atoms with Gasteiger partial charge in [-0.1, -0.05) is 0 Å². The van der Waals surface area contributed by atoms with Crippen molar-refractivity contribution in [3.05, 3.63) is 59.7 Å². The van der Waals surface area contributed by atoms with Crippen LogP contribution in [0.3, 0.4) is 0 Å². The first-order valence-corrected chi connectivity index (χ1v) is 5.09. The molecule has 3 nitrogen and oxygen atoms in total. The maximum Gasteiger partial charge on any atom is 0.141 e. The molecule has 0 aliphatic heterocycles. The number of hydrogen-bond donors (Lipinski definition) is 1. The highest BCUT2D eigenvalue weighted by atomic mass is 19.1. The molecule has 2 rings (SSSR count). The van der Waals surface area contributed by atoms with Gasteiger partial charge in [0.2, 0.25) is 0 Å². The second kappa shape index (κ2) is 4.97. The maximum absolute atomic E-state index is 13.1. The fraction of sp³-hybridized carbons (Fsp3) is 0.167. The van der Waals surface area contributed by atoms with Crippen molar-refractivity contribution in [2.45, 2.75) is 6.04 Å². The van der Waals surface area contributed by atoms with Crippen LogP contribution in [0.5, 0.6) is 0 Å². The minimum absolute atomic E-state index is 0.332. The molecule has 5 heteroatoms. The molecule has 0 unspecified atom stereocenters. The minimum atomic E-state index is -0.424. The highest BCUT2D eigenvalue weighted by molar-refractivity contribution is 5.28. The van der Waals surface area contributed by atoms with Crippen LogP contribution in [0.15, 0.2) is 36.9 Å². The molecule has 2 aromatic heterocycles. The van der Waals surface area contributed by atoms with Crippen molar-refractivity contribution in [3.63, 3.8) is 0 Å².